The van der Waals surface area contributed by atoms with E-state index in [1.807, 2.05) is 0 Å². The highest BCUT2D eigenvalue weighted by Crippen LogP contribution is 2.53. The van der Waals surface area contributed by atoms with Gasteiger partial charge in [0.1, 0.15) is 0 Å². The molecule has 0 heterocycles. The van der Waals surface area contributed by atoms with E-state index in [1.165, 1.54) is 52.1 Å². The van der Waals surface area contributed by atoms with Crippen molar-refractivity contribution >= 4 is 5.97 Å². The average molecular weight is 196 g/mol. The summed E-state index contributed by atoms with van der Waals surface area (Å²) in [4.78, 5) is 11.1. The van der Waals surface area contributed by atoms with Gasteiger partial charge in [0.05, 0.1) is 7.11 Å². The van der Waals surface area contributed by atoms with Gasteiger partial charge in [0.2, 0.25) is 0 Å². The molecule has 0 radical (unpaired) electrons. The second kappa shape index (κ2) is 3.92. The number of rotatable bonds is 2. The van der Waals surface area contributed by atoms with Crippen molar-refractivity contribution in [3.63, 3.8) is 0 Å². The van der Waals surface area contributed by atoms with E-state index in [2.05, 4.69) is 0 Å². The van der Waals surface area contributed by atoms with E-state index in [1.54, 1.807) is 0 Å². The highest BCUT2D eigenvalue weighted by molar-refractivity contribution is 5.69. The molecule has 0 saturated heterocycles. The van der Waals surface area contributed by atoms with E-state index in [4.69, 9.17) is 4.74 Å². The SMILES string of the molecule is COC(=O)CC1CCC2(CCC2)CC1. The minimum Gasteiger partial charge on any atom is -0.469 e. The molecule has 0 atom stereocenters. The predicted octanol–water partition coefficient (Wildman–Crippen LogP) is 2.91. The maximum absolute atomic E-state index is 11.1. The molecule has 0 aromatic carbocycles. The number of methoxy groups -OCH3 is 1. The Morgan fingerprint density at radius 3 is 2.36 bits per heavy atom. The average Bonchev–Trinajstić information content (AvgIpc) is 2.16. The Balaban J connectivity index is 1.75. The lowest BCUT2D eigenvalue weighted by Gasteiger charge is -2.46. The smallest absolute Gasteiger partial charge is 0.305 e. The highest BCUT2D eigenvalue weighted by Gasteiger charge is 2.40. The number of hydrogen-bond acceptors (Lipinski definition) is 2. The summed E-state index contributed by atoms with van der Waals surface area (Å²) >= 11 is 0. The predicted molar refractivity (Wildman–Crippen MR) is 54.9 cm³/mol. The summed E-state index contributed by atoms with van der Waals surface area (Å²) in [5.41, 5.74) is 0.715. The van der Waals surface area contributed by atoms with E-state index in [9.17, 15) is 4.79 Å². The molecular formula is C12H20O2. The molecule has 2 aliphatic carbocycles. The van der Waals surface area contributed by atoms with Gasteiger partial charge in [-0.3, -0.25) is 4.79 Å². The molecule has 2 fully saturated rings. The minimum atomic E-state index is -0.0282. The molecule has 0 aliphatic heterocycles. The fourth-order valence-electron chi connectivity index (χ4n) is 2.99. The zero-order chi connectivity index (χ0) is 10.0. The van der Waals surface area contributed by atoms with Crippen molar-refractivity contribution in [1.82, 2.24) is 0 Å². The molecule has 2 nitrogen and oxygen atoms in total. The third kappa shape index (κ3) is 1.94. The first-order valence-corrected chi connectivity index (χ1v) is 5.81. The lowest BCUT2D eigenvalue weighted by atomic mass is 9.59. The van der Waals surface area contributed by atoms with Crippen molar-refractivity contribution in [2.24, 2.45) is 11.3 Å². The molecule has 2 aliphatic rings. The standard InChI is InChI=1S/C12H20O2/c1-14-11(13)9-10-3-7-12(8-4-10)5-2-6-12/h10H,2-9H2,1H3. The fourth-order valence-corrected chi connectivity index (χ4v) is 2.99. The first-order valence-electron chi connectivity index (χ1n) is 5.81. The summed E-state index contributed by atoms with van der Waals surface area (Å²) in [5.74, 6) is 0.577. The number of hydrogen-bond donors (Lipinski definition) is 0. The maximum atomic E-state index is 11.1. The van der Waals surface area contributed by atoms with Gasteiger partial charge in [-0.1, -0.05) is 6.42 Å². The van der Waals surface area contributed by atoms with Crippen molar-refractivity contribution in [3.8, 4) is 0 Å². The fraction of sp³-hybridized carbons (Fsp3) is 0.917. The van der Waals surface area contributed by atoms with Gasteiger partial charge in [-0.05, 0) is 49.9 Å². The summed E-state index contributed by atoms with van der Waals surface area (Å²) in [6, 6.07) is 0. The van der Waals surface area contributed by atoms with Crippen LogP contribution in [0.4, 0.5) is 0 Å². The largest absolute Gasteiger partial charge is 0.469 e. The molecule has 0 unspecified atom stereocenters. The highest BCUT2D eigenvalue weighted by atomic mass is 16.5. The Kier molecular flexibility index (Phi) is 2.80. The maximum Gasteiger partial charge on any atom is 0.305 e. The van der Waals surface area contributed by atoms with Crippen LogP contribution in [0.1, 0.15) is 51.4 Å². The third-order valence-electron chi connectivity index (χ3n) is 4.26. The van der Waals surface area contributed by atoms with Gasteiger partial charge < -0.3 is 4.74 Å². The third-order valence-corrected chi connectivity index (χ3v) is 4.26. The lowest BCUT2D eigenvalue weighted by molar-refractivity contribution is -0.142. The molecule has 2 rings (SSSR count). The number of esters is 1. The lowest BCUT2D eigenvalue weighted by Crippen LogP contribution is -2.34. The van der Waals surface area contributed by atoms with Gasteiger partial charge in [0.15, 0.2) is 0 Å². The first-order chi connectivity index (χ1) is 6.74. The zero-order valence-electron chi connectivity index (χ0n) is 9.05. The van der Waals surface area contributed by atoms with E-state index < -0.39 is 0 Å². The minimum absolute atomic E-state index is 0.0282. The van der Waals surface area contributed by atoms with Crippen LogP contribution in [0.3, 0.4) is 0 Å². The van der Waals surface area contributed by atoms with Crippen molar-refractivity contribution in [2.75, 3.05) is 7.11 Å². The van der Waals surface area contributed by atoms with Crippen LogP contribution in [0.5, 0.6) is 0 Å². The monoisotopic (exact) mass is 196 g/mol. The van der Waals surface area contributed by atoms with Crippen LogP contribution in [-0.4, -0.2) is 13.1 Å². The van der Waals surface area contributed by atoms with Crippen LogP contribution >= 0.6 is 0 Å². The van der Waals surface area contributed by atoms with E-state index in [-0.39, 0.29) is 5.97 Å². The summed E-state index contributed by atoms with van der Waals surface area (Å²) < 4.78 is 4.71. The van der Waals surface area contributed by atoms with Crippen molar-refractivity contribution in [3.05, 3.63) is 0 Å². The van der Waals surface area contributed by atoms with Crippen LogP contribution < -0.4 is 0 Å². The zero-order valence-corrected chi connectivity index (χ0v) is 9.05. The van der Waals surface area contributed by atoms with Crippen LogP contribution in [0.15, 0.2) is 0 Å². The van der Waals surface area contributed by atoms with Crippen molar-refractivity contribution in [2.45, 2.75) is 51.4 Å². The van der Waals surface area contributed by atoms with E-state index in [0.717, 1.165) is 0 Å². The Morgan fingerprint density at radius 2 is 1.93 bits per heavy atom. The quantitative estimate of drug-likeness (QED) is 0.635. The molecule has 2 heteroatoms. The Labute approximate surface area is 86.0 Å². The van der Waals surface area contributed by atoms with Crippen molar-refractivity contribution in [1.29, 1.82) is 0 Å². The van der Waals surface area contributed by atoms with Crippen molar-refractivity contribution < 1.29 is 9.53 Å². The van der Waals surface area contributed by atoms with Crippen LogP contribution in [0.25, 0.3) is 0 Å². The Bertz CT molecular complexity index is 208. The molecule has 80 valence electrons. The summed E-state index contributed by atoms with van der Waals surface area (Å²) in [5, 5.41) is 0. The van der Waals surface area contributed by atoms with Gasteiger partial charge in [-0.2, -0.15) is 0 Å². The molecule has 2 saturated carbocycles. The molecule has 0 aromatic heterocycles. The van der Waals surface area contributed by atoms with Gasteiger partial charge in [-0.25, -0.2) is 0 Å². The molecular weight excluding hydrogens is 176 g/mol. The molecule has 0 bridgehead atoms. The first kappa shape index (κ1) is 10.0. The number of ether oxygens (including phenoxy) is 1. The molecule has 1 spiro atoms. The Morgan fingerprint density at radius 1 is 1.29 bits per heavy atom. The van der Waals surface area contributed by atoms with Crippen LogP contribution in [-0.2, 0) is 9.53 Å². The van der Waals surface area contributed by atoms with E-state index in [0.29, 0.717) is 17.8 Å². The summed E-state index contributed by atoms with van der Waals surface area (Å²) in [6.45, 7) is 0. The summed E-state index contributed by atoms with van der Waals surface area (Å²) in [6.07, 6.45) is 10.2. The second-order valence-electron chi connectivity index (χ2n) is 5.08. The van der Waals surface area contributed by atoms with Gasteiger partial charge in [0, 0.05) is 6.42 Å². The molecule has 0 N–H and O–H groups in total. The summed E-state index contributed by atoms with van der Waals surface area (Å²) in [7, 11) is 1.48. The van der Waals surface area contributed by atoms with Gasteiger partial charge in [-0.15, -0.1) is 0 Å². The van der Waals surface area contributed by atoms with Crippen LogP contribution in [0, 0.1) is 11.3 Å². The topological polar surface area (TPSA) is 26.3 Å². The molecule has 0 amide bonds. The molecule has 14 heavy (non-hydrogen) atoms. The number of carbonyl (C=O) groups is 1. The second-order valence-corrected chi connectivity index (χ2v) is 5.08. The van der Waals surface area contributed by atoms with E-state index >= 15 is 0 Å². The van der Waals surface area contributed by atoms with Crippen LogP contribution in [0.2, 0.25) is 0 Å². The normalized spacial score (nSPS) is 25.8. The number of carbonyl (C=O) groups excluding carboxylic acids is 1. The van der Waals surface area contributed by atoms with Gasteiger partial charge >= 0.3 is 5.97 Å². The Hall–Kier alpha value is -0.530. The molecule has 0 aromatic rings. The van der Waals surface area contributed by atoms with Gasteiger partial charge in [0.25, 0.3) is 0 Å².